The van der Waals surface area contributed by atoms with Crippen molar-refractivity contribution in [2.75, 3.05) is 35.2 Å². The number of nitrogen functional groups attached to an aromatic ring is 2. The van der Waals surface area contributed by atoms with Gasteiger partial charge in [0.25, 0.3) is 0 Å². The van der Waals surface area contributed by atoms with E-state index in [0.29, 0.717) is 11.4 Å². The molecule has 0 heterocycles. The molecular formula is C10H18N4. The van der Waals surface area contributed by atoms with Crippen LogP contribution in [0.3, 0.4) is 0 Å². The SMILES string of the molecule is CCNc1cc(NCC)c(N)cc1N. The van der Waals surface area contributed by atoms with Crippen LogP contribution in [-0.4, -0.2) is 13.1 Å². The lowest BCUT2D eigenvalue weighted by molar-refractivity contribution is 1.20. The van der Waals surface area contributed by atoms with Gasteiger partial charge in [-0.15, -0.1) is 0 Å². The van der Waals surface area contributed by atoms with E-state index in [-0.39, 0.29) is 0 Å². The van der Waals surface area contributed by atoms with Gasteiger partial charge >= 0.3 is 0 Å². The Kier molecular flexibility index (Phi) is 3.45. The Morgan fingerprint density at radius 2 is 1.36 bits per heavy atom. The molecule has 0 amide bonds. The monoisotopic (exact) mass is 194 g/mol. The standard InChI is InChI=1S/C10H18N4/c1-3-13-9-6-10(14-4-2)8(12)5-7(9)11/h5-6,13-14H,3-4,11-12H2,1-2H3. The van der Waals surface area contributed by atoms with Crippen LogP contribution in [0.15, 0.2) is 12.1 Å². The molecule has 0 aliphatic rings. The van der Waals surface area contributed by atoms with Crippen molar-refractivity contribution in [1.82, 2.24) is 0 Å². The van der Waals surface area contributed by atoms with Gasteiger partial charge in [0.2, 0.25) is 0 Å². The predicted molar refractivity (Wildman–Crippen MR) is 63.6 cm³/mol. The lowest BCUT2D eigenvalue weighted by Crippen LogP contribution is -2.06. The van der Waals surface area contributed by atoms with Crippen LogP contribution in [0.4, 0.5) is 22.7 Å². The first kappa shape index (κ1) is 10.5. The number of benzene rings is 1. The van der Waals surface area contributed by atoms with Gasteiger partial charge in [-0.1, -0.05) is 0 Å². The molecule has 0 fully saturated rings. The highest BCUT2D eigenvalue weighted by Crippen LogP contribution is 2.29. The fourth-order valence-corrected chi connectivity index (χ4v) is 1.32. The summed E-state index contributed by atoms with van der Waals surface area (Å²) in [6.07, 6.45) is 0. The molecule has 6 N–H and O–H groups in total. The van der Waals surface area contributed by atoms with Crippen LogP contribution in [-0.2, 0) is 0 Å². The summed E-state index contributed by atoms with van der Waals surface area (Å²) in [5, 5.41) is 6.36. The zero-order chi connectivity index (χ0) is 10.6. The minimum Gasteiger partial charge on any atom is -0.397 e. The lowest BCUT2D eigenvalue weighted by atomic mass is 10.2. The van der Waals surface area contributed by atoms with Gasteiger partial charge in [-0.3, -0.25) is 0 Å². The first-order chi connectivity index (χ1) is 6.69. The summed E-state index contributed by atoms with van der Waals surface area (Å²) in [7, 11) is 0. The Balaban J connectivity index is 3.00. The van der Waals surface area contributed by atoms with E-state index in [9.17, 15) is 0 Å². The van der Waals surface area contributed by atoms with Crippen molar-refractivity contribution in [3.63, 3.8) is 0 Å². The zero-order valence-electron chi connectivity index (χ0n) is 8.72. The van der Waals surface area contributed by atoms with Crippen molar-refractivity contribution in [2.24, 2.45) is 0 Å². The second-order valence-corrected chi connectivity index (χ2v) is 3.09. The molecule has 0 spiro atoms. The summed E-state index contributed by atoms with van der Waals surface area (Å²) < 4.78 is 0. The van der Waals surface area contributed by atoms with Crippen LogP contribution in [0.25, 0.3) is 0 Å². The average molecular weight is 194 g/mol. The van der Waals surface area contributed by atoms with Crippen molar-refractivity contribution in [3.05, 3.63) is 12.1 Å². The van der Waals surface area contributed by atoms with Crippen LogP contribution in [0.1, 0.15) is 13.8 Å². The molecule has 0 saturated carbocycles. The predicted octanol–water partition coefficient (Wildman–Crippen LogP) is 1.71. The van der Waals surface area contributed by atoms with Crippen molar-refractivity contribution in [2.45, 2.75) is 13.8 Å². The van der Waals surface area contributed by atoms with Crippen LogP contribution in [0.2, 0.25) is 0 Å². The second-order valence-electron chi connectivity index (χ2n) is 3.09. The number of nitrogens with two attached hydrogens (primary N) is 2. The van der Waals surface area contributed by atoms with E-state index in [4.69, 9.17) is 11.5 Å². The fourth-order valence-electron chi connectivity index (χ4n) is 1.32. The third-order valence-electron chi connectivity index (χ3n) is 1.96. The molecule has 4 heteroatoms. The molecule has 0 saturated heterocycles. The van der Waals surface area contributed by atoms with Gasteiger partial charge in [-0.05, 0) is 26.0 Å². The molecule has 0 aliphatic heterocycles. The topological polar surface area (TPSA) is 76.1 Å². The highest BCUT2D eigenvalue weighted by atomic mass is 14.9. The van der Waals surface area contributed by atoms with E-state index in [2.05, 4.69) is 10.6 Å². The van der Waals surface area contributed by atoms with Crippen LogP contribution in [0.5, 0.6) is 0 Å². The third-order valence-corrected chi connectivity index (χ3v) is 1.96. The van der Waals surface area contributed by atoms with E-state index in [0.717, 1.165) is 24.5 Å². The van der Waals surface area contributed by atoms with Crippen LogP contribution < -0.4 is 22.1 Å². The van der Waals surface area contributed by atoms with E-state index in [1.54, 1.807) is 6.07 Å². The maximum absolute atomic E-state index is 5.80. The maximum Gasteiger partial charge on any atom is 0.0596 e. The number of hydrogen-bond acceptors (Lipinski definition) is 4. The largest absolute Gasteiger partial charge is 0.397 e. The quantitative estimate of drug-likeness (QED) is 0.550. The van der Waals surface area contributed by atoms with Crippen LogP contribution in [0, 0.1) is 0 Å². The van der Waals surface area contributed by atoms with Gasteiger partial charge in [0, 0.05) is 13.1 Å². The second kappa shape index (κ2) is 4.60. The summed E-state index contributed by atoms with van der Waals surface area (Å²) >= 11 is 0. The summed E-state index contributed by atoms with van der Waals surface area (Å²) in [5.41, 5.74) is 14.8. The molecule has 0 radical (unpaired) electrons. The Bertz CT molecular complexity index is 282. The highest BCUT2D eigenvalue weighted by molar-refractivity contribution is 5.81. The molecule has 0 unspecified atom stereocenters. The van der Waals surface area contributed by atoms with E-state index < -0.39 is 0 Å². The Labute approximate surface area is 84.7 Å². The first-order valence-electron chi connectivity index (χ1n) is 4.85. The maximum atomic E-state index is 5.80. The van der Waals surface area contributed by atoms with Crippen molar-refractivity contribution >= 4 is 22.7 Å². The van der Waals surface area contributed by atoms with Crippen LogP contribution >= 0.6 is 0 Å². The molecule has 0 aromatic heterocycles. The van der Waals surface area contributed by atoms with Gasteiger partial charge in [-0.2, -0.15) is 0 Å². The third kappa shape index (κ3) is 2.22. The van der Waals surface area contributed by atoms with Crippen molar-refractivity contribution < 1.29 is 0 Å². The molecular weight excluding hydrogens is 176 g/mol. The smallest absolute Gasteiger partial charge is 0.0596 e. The number of nitrogens with one attached hydrogen (secondary N) is 2. The van der Waals surface area contributed by atoms with Gasteiger partial charge < -0.3 is 22.1 Å². The lowest BCUT2D eigenvalue weighted by Gasteiger charge is -2.13. The first-order valence-corrected chi connectivity index (χ1v) is 4.85. The van der Waals surface area contributed by atoms with Gasteiger partial charge in [-0.25, -0.2) is 0 Å². The fraction of sp³-hybridized carbons (Fsp3) is 0.400. The molecule has 0 bridgehead atoms. The highest BCUT2D eigenvalue weighted by Gasteiger charge is 2.03. The van der Waals surface area contributed by atoms with E-state index in [1.807, 2.05) is 19.9 Å². The van der Waals surface area contributed by atoms with Gasteiger partial charge in [0.1, 0.15) is 0 Å². The summed E-state index contributed by atoms with van der Waals surface area (Å²) in [4.78, 5) is 0. The van der Waals surface area contributed by atoms with Crippen molar-refractivity contribution in [1.29, 1.82) is 0 Å². The Morgan fingerprint density at radius 1 is 0.929 bits per heavy atom. The Morgan fingerprint density at radius 3 is 1.71 bits per heavy atom. The summed E-state index contributed by atoms with van der Waals surface area (Å²) in [5.74, 6) is 0. The molecule has 1 aromatic carbocycles. The van der Waals surface area contributed by atoms with E-state index in [1.165, 1.54) is 0 Å². The number of rotatable bonds is 4. The zero-order valence-corrected chi connectivity index (χ0v) is 8.72. The van der Waals surface area contributed by atoms with Gasteiger partial charge in [0.05, 0.1) is 22.7 Å². The molecule has 1 rings (SSSR count). The number of hydrogen-bond donors (Lipinski definition) is 4. The molecule has 4 nitrogen and oxygen atoms in total. The molecule has 14 heavy (non-hydrogen) atoms. The Hall–Kier alpha value is -1.58. The summed E-state index contributed by atoms with van der Waals surface area (Å²) in [6.45, 7) is 5.75. The summed E-state index contributed by atoms with van der Waals surface area (Å²) in [6, 6.07) is 3.72. The molecule has 1 aromatic rings. The average Bonchev–Trinajstić information content (AvgIpc) is 2.14. The normalized spacial score (nSPS) is 9.86. The molecule has 0 aliphatic carbocycles. The van der Waals surface area contributed by atoms with E-state index >= 15 is 0 Å². The minimum absolute atomic E-state index is 0.686. The molecule has 0 atom stereocenters. The van der Waals surface area contributed by atoms with Crippen molar-refractivity contribution in [3.8, 4) is 0 Å². The minimum atomic E-state index is 0.686. The molecule has 78 valence electrons. The van der Waals surface area contributed by atoms with Gasteiger partial charge in [0.15, 0.2) is 0 Å². The number of anilines is 4.